The summed E-state index contributed by atoms with van der Waals surface area (Å²) in [6.07, 6.45) is 5.81. The Labute approximate surface area is 216 Å². The van der Waals surface area contributed by atoms with E-state index in [0.717, 1.165) is 42.4 Å². The van der Waals surface area contributed by atoms with Gasteiger partial charge in [-0.3, -0.25) is 9.59 Å². The summed E-state index contributed by atoms with van der Waals surface area (Å²) in [6.45, 7) is 9.45. The van der Waals surface area contributed by atoms with Crippen molar-refractivity contribution in [3.8, 4) is 11.5 Å². The number of carbonyl (C=O) groups is 2. The summed E-state index contributed by atoms with van der Waals surface area (Å²) in [5.41, 5.74) is 3.20. The molecule has 1 N–H and O–H groups in total. The molecule has 0 saturated heterocycles. The summed E-state index contributed by atoms with van der Waals surface area (Å²) in [6, 6.07) is 13.7. The van der Waals surface area contributed by atoms with Crippen LogP contribution < -0.4 is 14.8 Å². The molecule has 1 atom stereocenters. The van der Waals surface area contributed by atoms with Gasteiger partial charge in [0.2, 0.25) is 11.8 Å². The molecule has 0 heterocycles. The fourth-order valence-corrected chi connectivity index (χ4v) is 4.90. The average Bonchev–Trinajstić information content (AvgIpc) is 3.38. The van der Waals surface area contributed by atoms with Gasteiger partial charge < -0.3 is 19.7 Å². The molecule has 1 fully saturated rings. The van der Waals surface area contributed by atoms with Crippen LogP contribution in [0.1, 0.15) is 76.0 Å². The van der Waals surface area contributed by atoms with Crippen molar-refractivity contribution in [1.82, 2.24) is 10.2 Å². The van der Waals surface area contributed by atoms with Crippen molar-refractivity contribution in [2.45, 2.75) is 91.3 Å². The van der Waals surface area contributed by atoms with E-state index in [1.807, 2.05) is 70.2 Å². The first-order valence-corrected chi connectivity index (χ1v) is 13.5. The number of benzene rings is 2. The Hall–Kier alpha value is -3.02. The van der Waals surface area contributed by atoms with Gasteiger partial charge in [-0.2, -0.15) is 0 Å². The van der Waals surface area contributed by atoms with Gasteiger partial charge in [0, 0.05) is 19.0 Å². The van der Waals surface area contributed by atoms with Gasteiger partial charge >= 0.3 is 0 Å². The molecule has 1 saturated carbocycles. The molecule has 3 rings (SSSR count). The van der Waals surface area contributed by atoms with Crippen molar-refractivity contribution in [2.75, 3.05) is 13.2 Å². The molecule has 2 aromatic rings. The first kappa shape index (κ1) is 27.6. The number of carbonyl (C=O) groups excluding carboxylic acids is 2. The lowest BCUT2D eigenvalue weighted by Crippen LogP contribution is -2.51. The van der Waals surface area contributed by atoms with Gasteiger partial charge in [-0.25, -0.2) is 0 Å². The molecule has 0 bridgehead atoms. The number of ether oxygens (including phenoxy) is 2. The summed E-state index contributed by atoms with van der Waals surface area (Å²) < 4.78 is 11.4. The Kier molecular flexibility index (Phi) is 10.6. The van der Waals surface area contributed by atoms with Crippen LogP contribution in [-0.4, -0.2) is 42.0 Å². The number of rotatable bonds is 13. The molecule has 196 valence electrons. The maximum atomic E-state index is 13.6. The fraction of sp³-hybridized carbons (Fsp3) is 0.533. The van der Waals surface area contributed by atoms with Crippen LogP contribution in [0, 0.1) is 6.92 Å². The topological polar surface area (TPSA) is 67.9 Å². The second kappa shape index (κ2) is 13.9. The Bertz CT molecular complexity index is 1000. The van der Waals surface area contributed by atoms with Gasteiger partial charge in [-0.1, -0.05) is 50.1 Å². The van der Waals surface area contributed by atoms with Crippen molar-refractivity contribution < 1.29 is 19.1 Å². The first-order chi connectivity index (χ1) is 17.5. The SMILES string of the molecule is CCOc1ccc(CCC(=O)N(Cc2ccccc2C)C(CC)C(=O)NC2CCCC2)cc1OCC. The minimum Gasteiger partial charge on any atom is -0.490 e. The lowest BCUT2D eigenvalue weighted by molar-refractivity contribution is -0.141. The summed E-state index contributed by atoms with van der Waals surface area (Å²) in [7, 11) is 0. The van der Waals surface area contributed by atoms with Crippen LogP contribution in [0.25, 0.3) is 0 Å². The molecule has 6 nitrogen and oxygen atoms in total. The lowest BCUT2D eigenvalue weighted by Gasteiger charge is -2.32. The van der Waals surface area contributed by atoms with Crippen molar-refractivity contribution >= 4 is 11.8 Å². The smallest absolute Gasteiger partial charge is 0.243 e. The van der Waals surface area contributed by atoms with Crippen molar-refractivity contribution in [3.63, 3.8) is 0 Å². The van der Waals surface area contributed by atoms with E-state index in [-0.39, 0.29) is 17.9 Å². The molecule has 6 heteroatoms. The van der Waals surface area contributed by atoms with E-state index in [1.165, 1.54) is 0 Å². The number of hydrogen-bond donors (Lipinski definition) is 1. The standard InChI is InChI=1S/C30H42N2O4/c1-5-26(30(34)31-25-14-10-11-15-25)32(21-24-13-9-8-12-22(24)4)29(33)19-17-23-16-18-27(35-6-2)28(20-23)36-7-3/h8-9,12-13,16,18,20,25-26H,5-7,10-11,14-15,17,19,21H2,1-4H3,(H,31,34). The third kappa shape index (κ3) is 7.49. The number of nitrogens with one attached hydrogen (secondary N) is 1. The van der Waals surface area contributed by atoms with E-state index >= 15 is 0 Å². The van der Waals surface area contributed by atoms with Crippen LogP contribution >= 0.6 is 0 Å². The van der Waals surface area contributed by atoms with E-state index in [1.54, 1.807) is 4.90 Å². The highest BCUT2D eigenvalue weighted by Gasteiger charge is 2.30. The zero-order valence-corrected chi connectivity index (χ0v) is 22.3. The average molecular weight is 495 g/mol. The Balaban J connectivity index is 1.77. The van der Waals surface area contributed by atoms with Gasteiger partial charge in [0.1, 0.15) is 6.04 Å². The molecule has 0 aliphatic heterocycles. The normalized spacial score (nSPS) is 14.3. The number of aryl methyl sites for hydroxylation is 2. The molecule has 2 amide bonds. The van der Waals surface area contributed by atoms with E-state index < -0.39 is 6.04 Å². The van der Waals surface area contributed by atoms with E-state index in [9.17, 15) is 9.59 Å². The van der Waals surface area contributed by atoms with Gasteiger partial charge in [-0.15, -0.1) is 0 Å². The van der Waals surface area contributed by atoms with Crippen LogP contribution in [0.5, 0.6) is 11.5 Å². The van der Waals surface area contributed by atoms with Crippen LogP contribution in [0.15, 0.2) is 42.5 Å². The van der Waals surface area contributed by atoms with Crippen LogP contribution in [0.2, 0.25) is 0 Å². The molecule has 1 aliphatic carbocycles. The third-order valence-corrected chi connectivity index (χ3v) is 6.92. The van der Waals surface area contributed by atoms with Crippen molar-refractivity contribution in [2.24, 2.45) is 0 Å². The second-order valence-electron chi connectivity index (χ2n) is 9.51. The minimum atomic E-state index is -0.489. The van der Waals surface area contributed by atoms with Gasteiger partial charge in [-0.05, 0) is 75.3 Å². The van der Waals surface area contributed by atoms with E-state index in [0.29, 0.717) is 50.5 Å². The van der Waals surface area contributed by atoms with Crippen molar-refractivity contribution in [1.29, 1.82) is 0 Å². The highest BCUT2D eigenvalue weighted by Crippen LogP contribution is 2.29. The summed E-state index contributed by atoms with van der Waals surface area (Å²) in [5, 5.41) is 3.22. The predicted octanol–water partition coefficient (Wildman–Crippen LogP) is 5.59. The Morgan fingerprint density at radius 3 is 2.36 bits per heavy atom. The maximum Gasteiger partial charge on any atom is 0.243 e. The molecular formula is C30H42N2O4. The second-order valence-corrected chi connectivity index (χ2v) is 9.51. The molecule has 2 aromatic carbocycles. The quantitative estimate of drug-likeness (QED) is 0.394. The van der Waals surface area contributed by atoms with Gasteiger partial charge in [0.05, 0.1) is 13.2 Å². The number of hydrogen-bond acceptors (Lipinski definition) is 4. The molecule has 0 radical (unpaired) electrons. The molecule has 0 spiro atoms. The summed E-state index contributed by atoms with van der Waals surface area (Å²) >= 11 is 0. The van der Waals surface area contributed by atoms with Crippen LogP contribution in [-0.2, 0) is 22.6 Å². The van der Waals surface area contributed by atoms with Crippen molar-refractivity contribution in [3.05, 3.63) is 59.2 Å². The van der Waals surface area contributed by atoms with E-state index in [2.05, 4.69) is 5.32 Å². The number of nitrogens with zero attached hydrogens (tertiary/aromatic N) is 1. The first-order valence-electron chi connectivity index (χ1n) is 13.5. The van der Waals surface area contributed by atoms with Crippen LogP contribution in [0.3, 0.4) is 0 Å². The van der Waals surface area contributed by atoms with E-state index in [4.69, 9.17) is 9.47 Å². The zero-order valence-electron chi connectivity index (χ0n) is 22.3. The third-order valence-electron chi connectivity index (χ3n) is 6.92. The molecule has 1 unspecified atom stereocenters. The highest BCUT2D eigenvalue weighted by atomic mass is 16.5. The molecule has 0 aromatic heterocycles. The highest BCUT2D eigenvalue weighted by molar-refractivity contribution is 5.88. The number of amides is 2. The van der Waals surface area contributed by atoms with Gasteiger partial charge in [0.25, 0.3) is 0 Å². The summed E-state index contributed by atoms with van der Waals surface area (Å²) in [5.74, 6) is 1.36. The summed E-state index contributed by atoms with van der Waals surface area (Å²) in [4.78, 5) is 28.7. The lowest BCUT2D eigenvalue weighted by atomic mass is 10.0. The Morgan fingerprint density at radius 1 is 1.00 bits per heavy atom. The van der Waals surface area contributed by atoms with Crippen LogP contribution in [0.4, 0.5) is 0 Å². The van der Waals surface area contributed by atoms with Gasteiger partial charge in [0.15, 0.2) is 11.5 Å². The zero-order chi connectivity index (χ0) is 25.9. The predicted molar refractivity (Wildman–Crippen MR) is 143 cm³/mol. The molecule has 36 heavy (non-hydrogen) atoms. The monoisotopic (exact) mass is 494 g/mol. The largest absolute Gasteiger partial charge is 0.490 e. The minimum absolute atomic E-state index is 0.0153. The maximum absolute atomic E-state index is 13.6. The Morgan fingerprint density at radius 2 is 1.69 bits per heavy atom. The molecular weight excluding hydrogens is 452 g/mol. The molecule has 1 aliphatic rings. The fourth-order valence-electron chi connectivity index (χ4n) is 4.90.